The SMILES string of the molecule is CC(C)C/C=N\[S@](=O)C(C)(C)C. The molecule has 1 atom stereocenters. The van der Waals surface area contributed by atoms with Gasteiger partial charge in [-0.05, 0) is 33.1 Å². The van der Waals surface area contributed by atoms with Crippen LogP contribution in [-0.4, -0.2) is 15.2 Å². The molecule has 0 aromatic rings. The number of rotatable bonds is 3. The summed E-state index contributed by atoms with van der Waals surface area (Å²) in [6, 6.07) is 0. The fourth-order valence-electron chi connectivity index (χ4n) is 0.480. The van der Waals surface area contributed by atoms with Gasteiger partial charge in [0.2, 0.25) is 0 Å². The molecule has 0 aromatic carbocycles. The molecule has 0 aliphatic heterocycles. The van der Waals surface area contributed by atoms with Gasteiger partial charge in [0.15, 0.2) is 0 Å². The van der Waals surface area contributed by atoms with Crippen molar-refractivity contribution in [3.8, 4) is 0 Å². The minimum Gasteiger partial charge on any atom is -0.234 e. The third-order valence-electron chi connectivity index (χ3n) is 1.27. The van der Waals surface area contributed by atoms with Crippen LogP contribution in [0.2, 0.25) is 0 Å². The maximum Gasteiger partial charge on any atom is 0.144 e. The predicted molar refractivity (Wildman–Crippen MR) is 55.8 cm³/mol. The Balaban J connectivity index is 3.93. The maximum absolute atomic E-state index is 11.4. The van der Waals surface area contributed by atoms with Gasteiger partial charge in [-0.2, -0.15) is 4.40 Å². The van der Waals surface area contributed by atoms with Gasteiger partial charge in [-0.15, -0.1) is 0 Å². The molecule has 0 aromatic heterocycles. The summed E-state index contributed by atoms with van der Waals surface area (Å²) < 4.78 is 15.1. The molecule has 0 saturated carbocycles. The summed E-state index contributed by atoms with van der Waals surface area (Å²) in [7, 11) is -1.08. The number of nitrogens with zero attached hydrogens (tertiary/aromatic N) is 1. The first-order chi connectivity index (χ1) is 5.34. The van der Waals surface area contributed by atoms with Crippen LogP contribution < -0.4 is 0 Å². The molecule has 0 amide bonds. The largest absolute Gasteiger partial charge is 0.234 e. The lowest BCUT2D eigenvalue weighted by Crippen LogP contribution is -2.19. The van der Waals surface area contributed by atoms with Crippen molar-refractivity contribution in [1.29, 1.82) is 0 Å². The van der Waals surface area contributed by atoms with E-state index < -0.39 is 11.0 Å². The van der Waals surface area contributed by atoms with Crippen molar-refractivity contribution in [2.45, 2.75) is 45.8 Å². The second kappa shape index (κ2) is 4.75. The lowest BCUT2D eigenvalue weighted by molar-refractivity contribution is 0.650. The van der Waals surface area contributed by atoms with Crippen molar-refractivity contribution in [1.82, 2.24) is 0 Å². The summed E-state index contributed by atoms with van der Waals surface area (Å²) >= 11 is 0. The van der Waals surface area contributed by atoms with E-state index in [-0.39, 0.29) is 4.75 Å². The third-order valence-corrected chi connectivity index (χ3v) is 2.66. The standard InChI is InChI=1S/C9H19NOS/c1-8(2)6-7-10-12(11)9(3,4)5/h7-8H,6H2,1-5H3/b10-7-/t12-/m1/s1. The van der Waals surface area contributed by atoms with E-state index in [1.165, 1.54) is 0 Å². The van der Waals surface area contributed by atoms with Crippen LogP contribution in [0.4, 0.5) is 0 Å². The smallest absolute Gasteiger partial charge is 0.144 e. The monoisotopic (exact) mass is 189 g/mol. The number of hydrogen-bond donors (Lipinski definition) is 0. The van der Waals surface area contributed by atoms with E-state index in [1.807, 2.05) is 20.8 Å². The van der Waals surface area contributed by atoms with Crippen LogP contribution in [-0.2, 0) is 11.0 Å². The van der Waals surface area contributed by atoms with Crippen LogP contribution in [0.1, 0.15) is 41.0 Å². The maximum atomic E-state index is 11.4. The highest BCUT2D eigenvalue weighted by molar-refractivity contribution is 7.85. The van der Waals surface area contributed by atoms with Gasteiger partial charge < -0.3 is 0 Å². The predicted octanol–water partition coefficient (Wildman–Crippen LogP) is 2.57. The summed E-state index contributed by atoms with van der Waals surface area (Å²) in [6.45, 7) is 10.0. The Kier molecular flexibility index (Phi) is 4.68. The lowest BCUT2D eigenvalue weighted by atomic mass is 10.2. The minimum absolute atomic E-state index is 0.229. The molecule has 0 radical (unpaired) electrons. The highest BCUT2D eigenvalue weighted by Crippen LogP contribution is 2.11. The third kappa shape index (κ3) is 5.47. The summed E-state index contributed by atoms with van der Waals surface area (Å²) in [5.74, 6) is 0.589. The zero-order valence-corrected chi connectivity index (χ0v) is 9.44. The highest BCUT2D eigenvalue weighted by Gasteiger charge is 2.17. The number of hydrogen-bond acceptors (Lipinski definition) is 1. The zero-order chi connectivity index (χ0) is 9.78. The molecule has 3 heteroatoms. The normalized spacial score (nSPS) is 15.8. The van der Waals surface area contributed by atoms with Crippen LogP contribution in [0.3, 0.4) is 0 Å². The molecule has 0 spiro atoms. The Morgan fingerprint density at radius 2 is 1.92 bits per heavy atom. The van der Waals surface area contributed by atoms with Crippen LogP contribution in [0.15, 0.2) is 4.40 Å². The first-order valence-electron chi connectivity index (χ1n) is 4.28. The van der Waals surface area contributed by atoms with Crippen molar-refractivity contribution in [2.24, 2.45) is 10.3 Å². The minimum atomic E-state index is -1.08. The van der Waals surface area contributed by atoms with Crippen molar-refractivity contribution in [3.63, 3.8) is 0 Å². The van der Waals surface area contributed by atoms with Gasteiger partial charge in [-0.25, -0.2) is 4.21 Å². The van der Waals surface area contributed by atoms with E-state index >= 15 is 0 Å². The topological polar surface area (TPSA) is 29.4 Å². The van der Waals surface area contributed by atoms with Crippen LogP contribution >= 0.6 is 0 Å². The molecule has 0 aliphatic carbocycles. The Labute approximate surface area is 78.1 Å². The van der Waals surface area contributed by atoms with E-state index in [0.29, 0.717) is 5.92 Å². The first kappa shape index (κ1) is 11.8. The first-order valence-corrected chi connectivity index (χ1v) is 5.39. The second-order valence-electron chi connectivity index (χ2n) is 4.28. The molecule has 0 unspecified atom stereocenters. The van der Waals surface area contributed by atoms with Gasteiger partial charge in [0.05, 0.1) is 4.75 Å². The van der Waals surface area contributed by atoms with Gasteiger partial charge in [0.25, 0.3) is 0 Å². The van der Waals surface area contributed by atoms with E-state index in [4.69, 9.17) is 0 Å². The molecule has 0 N–H and O–H groups in total. The quantitative estimate of drug-likeness (QED) is 0.627. The van der Waals surface area contributed by atoms with E-state index in [1.54, 1.807) is 6.21 Å². The van der Waals surface area contributed by atoms with Crippen LogP contribution in [0, 0.1) is 5.92 Å². The zero-order valence-electron chi connectivity index (χ0n) is 8.63. The average molecular weight is 189 g/mol. The van der Waals surface area contributed by atoms with Crippen LogP contribution in [0.5, 0.6) is 0 Å². The van der Waals surface area contributed by atoms with E-state index in [2.05, 4.69) is 18.2 Å². The van der Waals surface area contributed by atoms with Crippen molar-refractivity contribution >= 4 is 17.2 Å². The second-order valence-corrected chi connectivity index (χ2v) is 6.21. The Bertz CT molecular complexity index is 179. The van der Waals surface area contributed by atoms with Crippen LogP contribution in [0.25, 0.3) is 0 Å². The summed E-state index contributed by atoms with van der Waals surface area (Å²) in [5.41, 5.74) is 0. The molecule has 0 bridgehead atoms. The molecule has 12 heavy (non-hydrogen) atoms. The summed E-state index contributed by atoms with van der Waals surface area (Å²) in [4.78, 5) is 0. The molecule has 0 rings (SSSR count). The molecular weight excluding hydrogens is 170 g/mol. The van der Waals surface area contributed by atoms with Crippen molar-refractivity contribution in [2.75, 3.05) is 0 Å². The van der Waals surface area contributed by atoms with E-state index in [0.717, 1.165) is 6.42 Å². The molecule has 0 aliphatic rings. The van der Waals surface area contributed by atoms with Crippen molar-refractivity contribution in [3.05, 3.63) is 0 Å². The van der Waals surface area contributed by atoms with Crippen molar-refractivity contribution < 1.29 is 4.21 Å². The molecule has 0 heterocycles. The Hall–Kier alpha value is -0.180. The van der Waals surface area contributed by atoms with E-state index in [9.17, 15) is 4.21 Å². The summed E-state index contributed by atoms with van der Waals surface area (Å²) in [6.07, 6.45) is 2.67. The fraction of sp³-hybridized carbons (Fsp3) is 0.889. The summed E-state index contributed by atoms with van der Waals surface area (Å²) in [5, 5.41) is 0. The molecule has 2 nitrogen and oxygen atoms in total. The van der Waals surface area contributed by atoms with Gasteiger partial charge in [0, 0.05) is 6.21 Å². The van der Waals surface area contributed by atoms with Gasteiger partial charge in [0.1, 0.15) is 11.0 Å². The lowest BCUT2D eigenvalue weighted by Gasteiger charge is -2.12. The molecule has 0 fully saturated rings. The Morgan fingerprint density at radius 1 is 1.42 bits per heavy atom. The fourth-order valence-corrected chi connectivity index (χ4v) is 1.02. The van der Waals surface area contributed by atoms with Gasteiger partial charge in [-0.1, -0.05) is 13.8 Å². The molecular formula is C9H19NOS. The average Bonchev–Trinajstić information content (AvgIpc) is 1.84. The van der Waals surface area contributed by atoms with Gasteiger partial charge in [-0.3, -0.25) is 0 Å². The molecule has 72 valence electrons. The van der Waals surface area contributed by atoms with Gasteiger partial charge >= 0.3 is 0 Å². The highest BCUT2D eigenvalue weighted by atomic mass is 32.2. The molecule has 0 saturated heterocycles. The Morgan fingerprint density at radius 3 is 2.25 bits per heavy atom.